The molecule has 0 aliphatic carbocycles. The summed E-state index contributed by atoms with van der Waals surface area (Å²) >= 11 is 5.40. The van der Waals surface area contributed by atoms with Crippen LogP contribution in [0, 0.1) is 17.2 Å². The highest BCUT2D eigenvalue weighted by atomic mass is 32.2. The third-order valence-electron chi connectivity index (χ3n) is 5.74. The number of hydrogen-bond acceptors (Lipinski definition) is 5. The summed E-state index contributed by atoms with van der Waals surface area (Å²) in [6.45, 7) is 12.9. The number of hydrogen-bond donors (Lipinski definition) is 3. The van der Waals surface area contributed by atoms with Gasteiger partial charge in [-0.1, -0.05) is 51.1 Å². The highest BCUT2D eigenvalue weighted by Crippen LogP contribution is 2.23. The number of sulfonamides is 1. The lowest BCUT2D eigenvalue weighted by molar-refractivity contribution is -0.154. The predicted octanol–water partition coefficient (Wildman–Crippen LogP) is 4.91. The molecule has 0 unspecified atom stereocenters. The van der Waals surface area contributed by atoms with Crippen LogP contribution >= 0.6 is 12.2 Å². The normalized spacial score (nSPS) is 12.9. The second kappa shape index (κ2) is 12.9. The number of carbonyl (C=O) groups excluding carboxylic acids is 1. The van der Waals surface area contributed by atoms with Crippen LogP contribution in [0.3, 0.4) is 0 Å². The number of anilines is 1. The highest BCUT2D eigenvalue weighted by molar-refractivity contribution is 7.92. The summed E-state index contributed by atoms with van der Waals surface area (Å²) in [6, 6.07) is 12.7. The molecular weight excluding hydrogens is 525 g/mol. The van der Waals surface area contributed by atoms with E-state index in [9.17, 15) is 17.6 Å². The van der Waals surface area contributed by atoms with Crippen LogP contribution < -0.4 is 15.4 Å². The fourth-order valence-corrected chi connectivity index (χ4v) is 4.23. The molecule has 2 rings (SSSR count). The van der Waals surface area contributed by atoms with Gasteiger partial charge in [-0.05, 0) is 73.6 Å². The molecule has 0 aliphatic rings. The van der Waals surface area contributed by atoms with Crippen molar-refractivity contribution >= 4 is 39.0 Å². The minimum atomic E-state index is -3.57. The Balaban J connectivity index is 1.99. The van der Waals surface area contributed by atoms with Gasteiger partial charge in [0.05, 0.1) is 24.0 Å². The van der Waals surface area contributed by atoms with Crippen LogP contribution in [0.2, 0.25) is 0 Å². The van der Waals surface area contributed by atoms with Crippen LogP contribution in [0.1, 0.15) is 58.2 Å². The zero-order chi connectivity index (χ0) is 28.7. The number of ether oxygens (including phenoxy) is 1. The molecule has 0 heterocycles. The zero-order valence-electron chi connectivity index (χ0n) is 23.3. The number of halogens is 1. The van der Waals surface area contributed by atoms with Gasteiger partial charge in [-0.3, -0.25) is 9.52 Å². The Labute approximate surface area is 232 Å². The molecule has 0 spiro atoms. The molecule has 10 heteroatoms. The summed E-state index contributed by atoms with van der Waals surface area (Å²) in [7, 11) is -3.57. The van der Waals surface area contributed by atoms with E-state index in [1.54, 1.807) is 6.07 Å². The van der Waals surface area contributed by atoms with Crippen molar-refractivity contribution in [1.29, 1.82) is 0 Å². The van der Waals surface area contributed by atoms with E-state index in [0.717, 1.165) is 11.8 Å². The molecule has 38 heavy (non-hydrogen) atoms. The van der Waals surface area contributed by atoms with Crippen LogP contribution in [-0.4, -0.2) is 38.9 Å². The van der Waals surface area contributed by atoms with Gasteiger partial charge >= 0.3 is 5.97 Å². The van der Waals surface area contributed by atoms with Gasteiger partial charge in [0.25, 0.3) is 0 Å². The Morgan fingerprint density at radius 1 is 1.00 bits per heavy atom. The fraction of sp³-hybridized carbons (Fsp3) is 0.500. The first-order valence-electron chi connectivity index (χ1n) is 12.5. The van der Waals surface area contributed by atoms with Gasteiger partial charge in [0.1, 0.15) is 5.82 Å². The van der Waals surface area contributed by atoms with Crippen LogP contribution in [0.15, 0.2) is 42.5 Å². The molecule has 0 saturated heterocycles. The van der Waals surface area contributed by atoms with Crippen LogP contribution in [0.4, 0.5) is 10.1 Å². The van der Waals surface area contributed by atoms with E-state index in [0.29, 0.717) is 23.6 Å². The van der Waals surface area contributed by atoms with E-state index in [4.69, 9.17) is 17.0 Å². The fourth-order valence-electron chi connectivity index (χ4n) is 3.51. The molecule has 2 aromatic rings. The molecule has 0 aliphatic heterocycles. The van der Waals surface area contributed by atoms with Crippen molar-refractivity contribution in [2.45, 2.75) is 59.9 Å². The summed E-state index contributed by atoms with van der Waals surface area (Å²) in [6.07, 6.45) is 1.65. The second-order valence-electron chi connectivity index (χ2n) is 11.6. The smallest absolute Gasteiger partial charge is 0.311 e. The van der Waals surface area contributed by atoms with Crippen LogP contribution in [0.5, 0.6) is 0 Å². The van der Waals surface area contributed by atoms with Crippen molar-refractivity contribution in [3.63, 3.8) is 0 Å². The Morgan fingerprint density at radius 2 is 1.61 bits per heavy atom. The molecule has 3 N–H and O–H groups in total. The Hall–Kier alpha value is -2.72. The average Bonchev–Trinajstić information content (AvgIpc) is 2.79. The lowest BCUT2D eigenvalue weighted by atomic mass is 9.86. The lowest BCUT2D eigenvalue weighted by Crippen LogP contribution is -2.39. The van der Waals surface area contributed by atoms with Crippen molar-refractivity contribution in [2.75, 3.05) is 24.1 Å². The van der Waals surface area contributed by atoms with E-state index < -0.39 is 21.3 Å². The Morgan fingerprint density at radius 3 is 2.13 bits per heavy atom. The van der Waals surface area contributed by atoms with E-state index >= 15 is 0 Å². The van der Waals surface area contributed by atoms with Gasteiger partial charge < -0.3 is 15.4 Å². The molecule has 0 amide bonds. The van der Waals surface area contributed by atoms with Crippen molar-refractivity contribution in [3.8, 4) is 0 Å². The van der Waals surface area contributed by atoms with Gasteiger partial charge in [0.15, 0.2) is 5.11 Å². The first-order valence-corrected chi connectivity index (χ1v) is 14.8. The first kappa shape index (κ1) is 31.5. The minimum absolute atomic E-state index is 0.0275. The summed E-state index contributed by atoms with van der Waals surface area (Å²) in [5.74, 6) is -0.964. The lowest BCUT2D eigenvalue weighted by Gasteiger charge is -2.23. The maximum Gasteiger partial charge on any atom is 0.311 e. The first-order chi connectivity index (χ1) is 17.4. The van der Waals surface area contributed by atoms with E-state index in [1.165, 1.54) is 17.7 Å². The van der Waals surface area contributed by atoms with E-state index in [-0.39, 0.29) is 36.1 Å². The van der Waals surface area contributed by atoms with E-state index in [2.05, 4.69) is 60.4 Å². The van der Waals surface area contributed by atoms with Gasteiger partial charge in [0, 0.05) is 19.0 Å². The molecular formula is C28H40FN3O4S2. The van der Waals surface area contributed by atoms with Gasteiger partial charge in [-0.2, -0.15) is 0 Å². The number of esters is 1. The molecule has 0 aromatic heterocycles. The average molecular weight is 566 g/mol. The van der Waals surface area contributed by atoms with Gasteiger partial charge in [-0.15, -0.1) is 0 Å². The van der Waals surface area contributed by atoms with Gasteiger partial charge in [0.2, 0.25) is 10.0 Å². The van der Waals surface area contributed by atoms with Crippen molar-refractivity contribution in [2.24, 2.45) is 11.3 Å². The minimum Gasteiger partial charge on any atom is -0.465 e. The molecule has 0 fully saturated rings. The molecule has 210 valence electrons. The number of carbonyl (C=O) groups is 1. The topological polar surface area (TPSA) is 96.5 Å². The summed E-state index contributed by atoms with van der Waals surface area (Å²) in [5, 5.41) is 6.58. The number of nitrogens with one attached hydrogen (secondary N) is 3. The zero-order valence-corrected chi connectivity index (χ0v) is 24.9. The summed E-state index contributed by atoms with van der Waals surface area (Å²) in [4.78, 5) is 12.4. The maximum atomic E-state index is 14.2. The van der Waals surface area contributed by atoms with Crippen LogP contribution in [0.25, 0.3) is 0 Å². The molecule has 0 radical (unpaired) electrons. The van der Waals surface area contributed by atoms with Gasteiger partial charge in [-0.25, -0.2) is 12.8 Å². The highest BCUT2D eigenvalue weighted by Gasteiger charge is 2.24. The van der Waals surface area contributed by atoms with Crippen molar-refractivity contribution < 1.29 is 22.3 Å². The quantitative estimate of drug-likeness (QED) is 0.278. The summed E-state index contributed by atoms with van der Waals surface area (Å²) in [5.41, 5.74) is 2.34. The molecule has 7 nitrogen and oxygen atoms in total. The number of thiocarbonyl (C=S) groups is 1. The SMILES string of the molecule is CC(C)(C)C(=O)OC[C@@H](CNC(=S)NCc1ccc(NS(C)(=O)=O)c(F)c1)Cc1ccc(C(C)(C)C)cc1. The maximum absolute atomic E-state index is 14.2. The van der Waals surface area contributed by atoms with Crippen molar-refractivity contribution in [1.82, 2.24) is 10.6 Å². The van der Waals surface area contributed by atoms with E-state index in [1.807, 2.05) is 20.8 Å². The molecule has 0 bridgehead atoms. The largest absolute Gasteiger partial charge is 0.465 e. The molecule has 1 atom stereocenters. The molecule has 0 saturated carbocycles. The molecule has 2 aromatic carbocycles. The number of rotatable bonds is 10. The second-order valence-corrected chi connectivity index (χ2v) is 13.8. The Bertz CT molecular complexity index is 1220. The third-order valence-corrected chi connectivity index (χ3v) is 6.62. The Kier molecular flexibility index (Phi) is 10.7. The summed E-state index contributed by atoms with van der Waals surface area (Å²) < 4.78 is 44.7. The van der Waals surface area contributed by atoms with Crippen LogP contribution in [-0.2, 0) is 37.9 Å². The number of benzene rings is 2. The van der Waals surface area contributed by atoms with Crippen molar-refractivity contribution in [3.05, 3.63) is 65.0 Å². The standard InChI is InChI=1S/C28H40FN3O4S2/c1-27(2,3)22-11-8-19(9-12-22)14-21(18-36-25(33)28(4,5)6)17-31-26(37)30-16-20-10-13-24(23(29)15-20)32-38(7,34)35/h8-13,15,21,32H,14,16-18H2,1-7H3,(H2,30,31,37)/t21-/m1/s1. The third kappa shape index (κ3) is 10.9. The monoisotopic (exact) mass is 565 g/mol. The predicted molar refractivity (Wildman–Crippen MR) is 155 cm³/mol.